The van der Waals surface area contributed by atoms with E-state index in [0.717, 1.165) is 11.1 Å². The van der Waals surface area contributed by atoms with Crippen LogP contribution < -0.4 is 5.32 Å². The minimum Gasteiger partial charge on any atom is -0.480 e. The van der Waals surface area contributed by atoms with Crippen LogP contribution in [0, 0.1) is 5.92 Å². The minimum absolute atomic E-state index is 0.00748. The van der Waals surface area contributed by atoms with Crippen LogP contribution in [0.25, 0.3) is 0 Å². The molecule has 2 rings (SSSR count). The number of aryl methyl sites for hydroxylation is 1. The lowest BCUT2D eigenvalue weighted by Crippen LogP contribution is -2.47. The molecule has 0 saturated carbocycles. The van der Waals surface area contributed by atoms with Crippen molar-refractivity contribution in [3.63, 3.8) is 0 Å². The summed E-state index contributed by atoms with van der Waals surface area (Å²) < 4.78 is 31.1. The summed E-state index contributed by atoms with van der Waals surface area (Å²) in [5.74, 6) is -2.02. The lowest BCUT2D eigenvalue weighted by molar-refractivity contribution is -0.140. The fraction of sp³-hybridized carbons (Fsp3) is 0.500. The van der Waals surface area contributed by atoms with Gasteiger partial charge >= 0.3 is 19.7 Å². The molecular weight excluding hydrogens is 493 g/mol. The Bertz CT molecular complexity index is 1030. The summed E-state index contributed by atoms with van der Waals surface area (Å²) in [5.41, 5.74) is 0.162. The average Bonchev–Trinajstić information content (AvgIpc) is 2.77. The van der Waals surface area contributed by atoms with E-state index >= 15 is 0 Å². The number of carbonyl (C=O) groups is 2. The Kier molecular flexibility index (Phi) is 10.9. The topological polar surface area (TPSA) is 111 Å². The number of hydrogen-bond acceptors (Lipinski definition) is 6. The molecule has 37 heavy (non-hydrogen) atoms. The summed E-state index contributed by atoms with van der Waals surface area (Å²) in [6.07, 6.45) is -0.222. The molecule has 1 amide bonds. The molecular formula is C28H40NO7P. The van der Waals surface area contributed by atoms with Crippen molar-refractivity contribution in [1.82, 2.24) is 5.32 Å². The van der Waals surface area contributed by atoms with E-state index in [4.69, 9.17) is 13.8 Å². The van der Waals surface area contributed by atoms with Crippen molar-refractivity contribution in [3.05, 3.63) is 71.8 Å². The number of benzene rings is 2. The third-order valence-corrected chi connectivity index (χ3v) is 7.72. The second kappa shape index (κ2) is 13.2. The smallest absolute Gasteiger partial charge is 0.408 e. The van der Waals surface area contributed by atoms with E-state index in [-0.39, 0.29) is 12.8 Å². The summed E-state index contributed by atoms with van der Waals surface area (Å²) >= 11 is 0. The first-order valence-corrected chi connectivity index (χ1v) is 14.1. The first kappa shape index (κ1) is 30.6. The first-order valence-electron chi connectivity index (χ1n) is 12.4. The summed E-state index contributed by atoms with van der Waals surface area (Å²) in [5, 5.41) is 12.6. The van der Waals surface area contributed by atoms with Crippen molar-refractivity contribution in [2.45, 2.75) is 78.2 Å². The van der Waals surface area contributed by atoms with Gasteiger partial charge in [-0.05, 0) is 65.5 Å². The molecule has 9 heteroatoms. The van der Waals surface area contributed by atoms with Gasteiger partial charge in [0, 0.05) is 5.92 Å². The van der Waals surface area contributed by atoms with Crippen LogP contribution in [-0.2, 0) is 36.2 Å². The van der Waals surface area contributed by atoms with Crippen LogP contribution in [0.4, 0.5) is 4.79 Å². The molecule has 0 aliphatic heterocycles. The average molecular weight is 534 g/mol. The lowest BCUT2D eigenvalue weighted by atomic mass is 9.94. The van der Waals surface area contributed by atoms with Gasteiger partial charge in [-0.1, -0.05) is 60.7 Å². The molecule has 2 aromatic carbocycles. The van der Waals surface area contributed by atoms with Crippen molar-refractivity contribution in [1.29, 1.82) is 0 Å². The molecule has 0 aromatic heterocycles. The molecule has 0 saturated heterocycles. The Hall–Kier alpha value is -2.67. The third-order valence-electron chi connectivity index (χ3n) is 5.15. The molecule has 8 nitrogen and oxygen atoms in total. The van der Waals surface area contributed by atoms with E-state index in [1.54, 1.807) is 53.7 Å². The van der Waals surface area contributed by atoms with Crippen LogP contribution in [0.15, 0.2) is 60.7 Å². The normalized spacial score (nSPS) is 14.0. The molecule has 0 bridgehead atoms. The zero-order valence-corrected chi connectivity index (χ0v) is 23.5. The van der Waals surface area contributed by atoms with Gasteiger partial charge in [0.2, 0.25) is 0 Å². The molecule has 2 N–H and O–H groups in total. The fourth-order valence-electron chi connectivity index (χ4n) is 3.85. The molecule has 0 fully saturated rings. The molecule has 0 heterocycles. The van der Waals surface area contributed by atoms with Crippen molar-refractivity contribution >= 4 is 19.7 Å². The Morgan fingerprint density at radius 1 is 0.865 bits per heavy atom. The number of carboxylic acids is 1. The van der Waals surface area contributed by atoms with Crippen LogP contribution in [0.5, 0.6) is 0 Å². The van der Waals surface area contributed by atoms with Gasteiger partial charge in [0.05, 0.1) is 17.4 Å². The monoisotopic (exact) mass is 533 g/mol. The Labute approximate surface area is 220 Å². The maximum Gasteiger partial charge on any atom is 0.408 e. The van der Waals surface area contributed by atoms with E-state index in [9.17, 15) is 19.3 Å². The van der Waals surface area contributed by atoms with Gasteiger partial charge in [0.1, 0.15) is 12.6 Å². The van der Waals surface area contributed by atoms with Gasteiger partial charge in [-0.2, -0.15) is 0 Å². The molecule has 204 valence electrons. The minimum atomic E-state index is -3.80. The number of rotatable bonds is 12. The van der Waals surface area contributed by atoms with Gasteiger partial charge in [-0.15, -0.1) is 0 Å². The summed E-state index contributed by atoms with van der Waals surface area (Å²) in [7, 11) is -3.80. The van der Waals surface area contributed by atoms with Crippen LogP contribution in [-0.4, -0.2) is 40.6 Å². The van der Waals surface area contributed by atoms with Gasteiger partial charge in [-0.3, -0.25) is 4.57 Å². The zero-order chi connectivity index (χ0) is 27.7. The van der Waals surface area contributed by atoms with Crippen molar-refractivity contribution in [2.75, 3.05) is 6.16 Å². The highest BCUT2D eigenvalue weighted by molar-refractivity contribution is 7.53. The standard InChI is InChI=1S/C28H40NO7P/c1-27(2,3)35-37(33,36-28(4,5)6)20-23(18-17-21-13-9-7-10-14-21)24(25(30)31)29-26(32)34-19-22-15-11-8-12-16-22/h7-16,23-24H,17-20H2,1-6H3,(H,29,32)(H,30,31)/t23-,24-/m0/s1. The number of hydrogen-bond donors (Lipinski definition) is 2. The SMILES string of the molecule is CC(C)(C)OP(=O)(C[C@H](CCc1ccccc1)[C@H](NC(=O)OCc1ccccc1)C(=O)O)OC(C)(C)C. The van der Waals surface area contributed by atoms with E-state index < -0.39 is 42.8 Å². The number of nitrogens with one attached hydrogen (secondary N) is 1. The molecule has 2 aromatic rings. The largest absolute Gasteiger partial charge is 0.480 e. The predicted octanol–water partition coefficient (Wildman–Crippen LogP) is 6.44. The Morgan fingerprint density at radius 2 is 1.35 bits per heavy atom. The highest BCUT2D eigenvalue weighted by Crippen LogP contribution is 2.56. The lowest BCUT2D eigenvalue weighted by Gasteiger charge is -2.35. The Balaban J connectivity index is 2.30. The molecule has 2 atom stereocenters. The number of amides is 1. The first-order chi connectivity index (χ1) is 17.2. The molecule has 0 aliphatic rings. The van der Waals surface area contributed by atoms with Crippen LogP contribution in [0.3, 0.4) is 0 Å². The van der Waals surface area contributed by atoms with E-state index in [1.807, 2.05) is 48.5 Å². The van der Waals surface area contributed by atoms with Crippen LogP contribution >= 0.6 is 7.60 Å². The van der Waals surface area contributed by atoms with Crippen molar-refractivity contribution < 1.29 is 33.0 Å². The molecule has 0 unspecified atom stereocenters. The predicted molar refractivity (Wildman–Crippen MR) is 144 cm³/mol. The maximum absolute atomic E-state index is 14.0. The molecule has 0 spiro atoms. The number of ether oxygens (including phenoxy) is 1. The maximum atomic E-state index is 14.0. The van der Waals surface area contributed by atoms with E-state index in [2.05, 4.69) is 5.32 Å². The van der Waals surface area contributed by atoms with Gasteiger partial charge < -0.3 is 24.2 Å². The number of carbonyl (C=O) groups excluding carboxylic acids is 1. The number of alkyl carbamates (subject to hydrolysis) is 1. The van der Waals surface area contributed by atoms with Crippen LogP contribution in [0.2, 0.25) is 0 Å². The van der Waals surface area contributed by atoms with E-state index in [0.29, 0.717) is 12.8 Å². The molecule has 0 radical (unpaired) electrons. The number of aliphatic carboxylic acids is 1. The zero-order valence-electron chi connectivity index (χ0n) is 22.6. The van der Waals surface area contributed by atoms with E-state index in [1.165, 1.54) is 0 Å². The second-order valence-electron chi connectivity index (χ2n) is 11.0. The Morgan fingerprint density at radius 3 is 1.81 bits per heavy atom. The van der Waals surface area contributed by atoms with Gasteiger partial charge in [-0.25, -0.2) is 9.59 Å². The van der Waals surface area contributed by atoms with Gasteiger partial charge in [0.25, 0.3) is 0 Å². The second-order valence-corrected chi connectivity index (χ2v) is 13.0. The quantitative estimate of drug-likeness (QED) is 0.302. The molecule has 0 aliphatic carbocycles. The number of carboxylic acid groups (broad SMARTS) is 1. The highest BCUT2D eigenvalue weighted by Gasteiger charge is 2.41. The fourth-order valence-corrected chi connectivity index (χ4v) is 6.67. The summed E-state index contributed by atoms with van der Waals surface area (Å²) in [4.78, 5) is 25.0. The third kappa shape index (κ3) is 11.9. The summed E-state index contributed by atoms with van der Waals surface area (Å²) in [6.45, 7) is 10.6. The van der Waals surface area contributed by atoms with Crippen molar-refractivity contribution in [2.24, 2.45) is 5.92 Å². The summed E-state index contributed by atoms with van der Waals surface area (Å²) in [6, 6.07) is 17.3. The highest BCUT2D eigenvalue weighted by atomic mass is 31.2. The van der Waals surface area contributed by atoms with Crippen LogP contribution in [0.1, 0.15) is 59.1 Å². The van der Waals surface area contributed by atoms with Crippen molar-refractivity contribution in [3.8, 4) is 0 Å². The van der Waals surface area contributed by atoms with Gasteiger partial charge in [0.15, 0.2) is 0 Å².